The second-order valence-corrected chi connectivity index (χ2v) is 6.72. The van der Waals surface area contributed by atoms with Crippen molar-refractivity contribution in [1.82, 2.24) is 14.9 Å². The maximum atomic E-state index is 5.94. The average Bonchev–Trinajstić information content (AvgIpc) is 3.11. The minimum Gasteiger partial charge on any atom is -0.493 e. The Morgan fingerprint density at radius 2 is 2.23 bits per heavy atom. The van der Waals surface area contributed by atoms with Crippen LogP contribution in [0.15, 0.2) is 30.7 Å². The third-order valence-electron chi connectivity index (χ3n) is 4.75. The summed E-state index contributed by atoms with van der Waals surface area (Å²) in [7, 11) is 3.69. The zero-order valence-electron chi connectivity index (χ0n) is 15.9. The van der Waals surface area contributed by atoms with Gasteiger partial charge in [-0.15, -0.1) is 0 Å². The van der Waals surface area contributed by atoms with E-state index in [2.05, 4.69) is 29.4 Å². The third-order valence-corrected chi connectivity index (χ3v) is 4.75. The Kier molecular flexibility index (Phi) is 6.52. The topological polar surface area (TPSA) is 57.5 Å². The average molecular weight is 359 g/mol. The van der Waals surface area contributed by atoms with E-state index >= 15 is 0 Å². The number of imidazole rings is 1. The van der Waals surface area contributed by atoms with Crippen molar-refractivity contribution in [2.75, 3.05) is 20.3 Å². The standard InChI is InChI=1S/C20H29N3O3/c1-4-8-25-20-10-15(5-6-18(20)24-3)12-22-16-7-9-26-19(11-16)17-13-21-14-23(17)2/h5-6,10,13-14,16,19,22H,4,7-9,11-12H2,1-3H3/t16-,19+/m1/s1. The number of ether oxygens (including phenoxy) is 3. The molecule has 2 aromatic rings. The lowest BCUT2D eigenvalue weighted by atomic mass is 10.0. The molecule has 3 rings (SSSR count). The Hall–Kier alpha value is -2.05. The van der Waals surface area contributed by atoms with Crippen LogP contribution < -0.4 is 14.8 Å². The molecule has 0 aliphatic carbocycles. The molecule has 1 aromatic carbocycles. The number of aromatic nitrogens is 2. The molecular formula is C20H29N3O3. The van der Waals surface area contributed by atoms with E-state index in [4.69, 9.17) is 14.2 Å². The minimum absolute atomic E-state index is 0.105. The van der Waals surface area contributed by atoms with E-state index in [1.54, 1.807) is 7.11 Å². The van der Waals surface area contributed by atoms with Crippen LogP contribution in [0, 0.1) is 0 Å². The van der Waals surface area contributed by atoms with Crippen LogP contribution in [0.1, 0.15) is 43.5 Å². The molecule has 142 valence electrons. The summed E-state index contributed by atoms with van der Waals surface area (Å²) in [5.74, 6) is 1.60. The highest BCUT2D eigenvalue weighted by Gasteiger charge is 2.25. The highest BCUT2D eigenvalue weighted by molar-refractivity contribution is 5.43. The monoisotopic (exact) mass is 359 g/mol. The molecular weight excluding hydrogens is 330 g/mol. The van der Waals surface area contributed by atoms with Gasteiger partial charge >= 0.3 is 0 Å². The zero-order valence-corrected chi connectivity index (χ0v) is 15.9. The van der Waals surface area contributed by atoms with E-state index in [1.165, 1.54) is 5.56 Å². The predicted octanol–water partition coefficient (Wildman–Crippen LogP) is 3.23. The Morgan fingerprint density at radius 1 is 1.35 bits per heavy atom. The van der Waals surface area contributed by atoms with Gasteiger partial charge in [-0.25, -0.2) is 4.98 Å². The number of rotatable bonds is 8. The van der Waals surface area contributed by atoms with Gasteiger partial charge in [-0.3, -0.25) is 0 Å². The van der Waals surface area contributed by atoms with Crippen molar-refractivity contribution in [3.05, 3.63) is 42.0 Å². The molecule has 0 radical (unpaired) electrons. The van der Waals surface area contributed by atoms with Crippen LogP contribution >= 0.6 is 0 Å². The fourth-order valence-corrected chi connectivity index (χ4v) is 3.28. The molecule has 6 nitrogen and oxygen atoms in total. The fourth-order valence-electron chi connectivity index (χ4n) is 3.28. The van der Waals surface area contributed by atoms with Crippen molar-refractivity contribution in [2.24, 2.45) is 7.05 Å². The van der Waals surface area contributed by atoms with Crippen molar-refractivity contribution in [3.8, 4) is 11.5 Å². The molecule has 1 saturated heterocycles. The molecule has 1 aliphatic heterocycles. The first-order valence-corrected chi connectivity index (χ1v) is 9.32. The summed E-state index contributed by atoms with van der Waals surface area (Å²) in [6.07, 6.45) is 6.77. The van der Waals surface area contributed by atoms with Crippen LogP contribution in [0.25, 0.3) is 0 Å². The molecule has 1 fully saturated rings. The van der Waals surface area contributed by atoms with Crippen molar-refractivity contribution in [2.45, 2.75) is 44.9 Å². The first-order chi connectivity index (χ1) is 12.7. The number of hydrogen-bond donors (Lipinski definition) is 1. The number of nitrogens with zero attached hydrogens (tertiary/aromatic N) is 2. The van der Waals surface area contributed by atoms with Gasteiger partial charge in [0.05, 0.1) is 31.9 Å². The van der Waals surface area contributed by atoms with Gasteiger partial charge in [-0.1, -0.05) is 13.0 Å². The van der Waals surface area contributed by atoms with Gasteiger partial charge in [-0.2, -0.15) is 0 Å². The largest absolute Gasteiger partial charge is 0.493 e. The van der Waals surface area contributed by atoms with Gasteiger partial charge in [0.25, 0.3) is 0 Å². The Balaban J connectivity index is 1.59. The molecule has 1 N–H and O–H groups in total. The quantitative estimate of drug-likeness (QED) is 0.784. The Bertz CT molecular complexity index is 701. The zero-order chi connectivity index (χ0) is 18.4. The van der Waals surface area contributed by atoms with E-state index < -0.39 is 0 Å². The Labute approximate surface area is 155 Å². The SMILES string of the molecule is CCCOc1cc(CN[C@@H]2CCO[C@H](c3cncn3C)C2)ccc1OC. The van der Waals surface area contributed by atoms with Crippen molar-refractivity contribution in [3.63, 3.8) is 0 Å². The summed E-state index contributed by atoms with van der Waals surface area (Å²) >= 11 is 0. The number of hydrogen-bond acceptors (Lipinski definition) is 5. The first-order valence-electron chi connectivity index (χ1n) is 9.32. The van der Waals surface area contributed by atoms with Gasteiger partial charge in [0.15, 0.2) is 11.5 Å². The first kappa shape index (κ1) is 18.7. The molecule has 1 aliphatic rings. The molecule has 2 heterocycles. The summed E-state index contributed by atoms with van der Waals surface area (Å²) in [6, 6.07) is 6.55. The van der Waals surface area contributed by atoms with Crippen molar-refractivity contribution in [1.29, 1.82) is 0 Å². The smallest absolute Gasteiger partial charge is 0.161 e. The van der Waals surface area contributed by atoms with Gasteiger partial charge in [0.2, 0.25) is 0 Å². The molecule has 0 spiro atoms. The molecule has 26 heavy (non-hydrogen) atoms. The molecule has 0 bridgehead atoms. The highest BCUT2D eigenvalue weighted by Crippen LogP contribution is 2.30. The second kappa shape index (κ2) is 9.05. The predicted molar refractivity (Wildman–Crippen MR) is 101 cm³/mol. The molecule has 0 saturated carbocycles. The number of benzene rings is 1. The molecule has 1 aromatic heterocycles. The van der Waals surface area contributed by atoms with E-state index in [-0.39, 0.29) is 6.10 Å². The lowest BCUT2D eigenvalue weighted by Crippen LogP contribution is -2.36. The van der Waals surface area contributed by atoms with E-state index in [0.29, 0.717) is 12.6 Å². The summed E-state index contributed by atoms with van der Waals surface area (Å²) < 4.78 is 19.2. The van der Waals surface area contributed by atoms with Gasteiger partial charge in [0, 0.05) is 26.2 Å². The molecule has 6 heteroatoms. The summed E-state index contributed by atoms with van der Waals surface area (Å²) in [6.45, 7) is 4.36. The van der Waals surface area contributed by atoms with Crippen LogP contribution in [-0.2, 0) is 18.3 Å². The molecule has 2 atom stereocenters. The van der Waals surface area contributed by atoms with E-state index in [1.807, 2.05) is 30.2 Å². The van der Waals surface area contributed by atoms with Crippen LogP contribution in [0.4, 0.5) is 0 Å². The van der Waals surface area contributed by atoms with Crippen LogP contribution in [0.3, 0.4) is 0 Å². The fraction of sp³-hybridized carbons (Fsp3) is 0.550. The van der Waals surface area contributed by atoms with Gasteiger partial charge < -0.3 is 24.1 Å². The number of nitrogens with one attached hydrogen (secondary N) is 1. The van der Waals surface area contributed by atoms with Gasteiger partial charge in [-0.05, 0) is 37.0 Å². The normalized spacial score (nSPS) is 20.1. The minimum atomic E-state index is 0.105. The highest BCUT2D eigenvalue weighted by atomic mass is 16.5. The molecule has 0 unspecified atom stereocenters. The number of aryl methyl sites for hydroxylation is 1. The third kappa shape index (κ3) is 4.56. The van der Waals surface area contributed by atoms with Crippen LogP contribution in [0.5, 0.6) is 11.5 Å². The summed E-state index contributed by atoms with van der Waals surface area (Å²) in [4.78, 5) is 4.20. The van der Waals surface area contributed by atoms with Gasteiger partial charge in [0.1, 0.15) is 6.10 Å². The van der Waals surface area contributed by atoms with Crippen LogP contribution in [-0.4, -0.2) is 35.9 Å². The number of methoxy groups -OCH3 is 1. The lowest BCUT2D eigenvalue weighted by molar-refractivity contribution is -0.00404. The lowest BCUT2D eigenvalue weighted by Gasteiger charge is -2.30. The Morgan fingerprint density at radius 3 is 2.96 bits per heavy atom. The van der Waals surface area contributed by atoms with Crippen molar-refractivity contribution < 1.29 is 14.2 Å². The summed E-state index contributed by atoms with van der Waals surface area (Å²) in [5.41, 5.74) is 2.33. The van der Waals surface area contributed by atoms with Crippen molar-refractivity contribution >= 4 is 0 Å². The second-order valence-electron chi connectivity index (χ2n) is 6.72. The van der Waals surface area contributed by atoms with E-state index in [9.17, 15) is 0 Å². The van der Waals surface area contributed by atoms with Crippen LogP contribution in [0.2, 0.25) is 0 Å². The summed E-state index contributed by atoms with van der Waals surface area (Å²) in [5, 5.41) is 3.66. The maximum absolute atomic E-state index is 5.94. The maximum Gasteiger partial charge on any atom is 0.161 e. The molecule has 0 amide bonds. The van der Waals surface area contributed by atoms with E-state index in [0.717, 1.165) is 49.6 Å².